The molecule has 2 saturated heterocycles. The highest BCUT2D eigenvalue weighted by Crippen LogP contribution is 2.56. The van der Waals surface area contributed by atoms with E-state index >= 15 is 0 Å². The quantitative estimate of drug-likeness (QED) is 0.288. The number of benzene rings is 3. The zero-order chi connectivity index (χ0) is 25.4. The molecule has 1 spiro atoms. The van der Waals surface area contributed by atoms with Gasteiger partial charge in [-0.3, -0.25) is 14.5 Å². The number of para-hydroxylation sites is 1. The number of hydrogen-bond donors (Lipinski definition) is 0. The molecule has 3 aromatic carbocycles. The Morgan fingerprint density at radius 2 is 1.62 bits per heavy atom. The summed E-state index contributed by atoms with van der Waals surface area (Å²) in [6.45, 7) is 5.63. The zero-order valence-corrected chi connectivity index (χ0v) is 22.1. The summed E-state index contributed by atoms with van der Waals surface area (Å²) in [7, 11) is 0. The van der Waals surface area contributed by atoms with Gasteiger partial charge < -0.3 is 0 Å². The molecule has 0 unspecified atom stereocenters. The summed E-state index contributed by atoms with van der Waals surface area (Å²) in [5, 5.41) is 4.13. The molecule has 0 aliphatic carbocycles. The number of carbonyl (C=O) groups is 1. The van der Waals surface area contributed by atoms with Crippen molar-refractivity contribution in [1.29, 1.82) is 0 Å². The first-order valence-electron chi connectivity index (χ1n) is 13.0. The molecule has 0 saturated carbocycles. The van der Waals surface area contributed by atoms with Gasteiger partial charge in [-0.2, -0.15) is 0 Å². The van der Waals surface area contributed by atoms with Crippen molar-refractivity contribution in [3.8, 4) is 0 Å². The Morgan fingerprint density at radius 3 is 2.30 bits per heavy atom. The highest BCUT2D eigenvalue weighted by molar-refractivity contribution is 7.10. The summed E-state index contributed by atoms with van der Waals surface area (Å²) >= 11 is 1.72. The molecule has 6 rings (SSSR count). The lowest BCUT2D eigenvalue weighted by molar-refractivity contribution is -0.151. The Balaban J connectivity index is 1.49. The van der Waals surface area contributed by atoms with E-state index in [1.165, 1.54) is 16.0 Å². The minimum atomic E-state index is -0.975. The van der Waals surface area contributed by atoms with Crippen molar-refractivity contribution in [3.63, 3.8) is 0 Å². The van der Waals surface area contributed by atoms with Gasteiger partial charge in [-0.15, -0.1) is 11.3 Å². The van der Waals surface area contributed by atoms with E-state index in [2.05, 4.69) is 96.9 Å². The van der Waals surface area contributed by atoms with Crippen LogP contribution in [0.5, 0.6) is 0 Å². The number of Topliss-reactive ketones (excluding diaryl/α,β-unsaturated/α-hetero) is 1. The largest absolute Gasteiger partial charge is 0.296 e. The first-order valence-corrected chi connectivity index (χ1v) is 13.9. The van der Waals surface area contributed by atoms with E-state index in [9.17, 15) is 4.79 Å². The molecule has 4 atom stereocenters. The molecular formula is C32H32N2O2S. The minimum Gasteiger partial charge on any atom is -0.296 e. The number of hydrogen-bond acceptors (Lipinski definition) is 5. The van der Waals surface area contributed by atoms with Crippen molar-refractivity contribution in [2.45, 2.75) is 43.9 Å². The standard InChI is InChI=1S/C32H32N2O2S/c1-23-15-17-26(18-16-23)31-30(28-14-9-21-37-28)32(36-34(31)27-12-7-4-8-13-27)22-33(20-19-29(32)35)24(2)25-10-5-3-6-11-25/h3-18,21,24,30-31H,19-20,22H2,1-2H3/t24-,30-,31+,32+/m1/s1. The molecule has 0 bridgehead atoms. The van der Waals surface area contributed by atoms with Gasteiger partial charge in [0, 0.05) is 30.4 Å². The molecule has 4 aromatic rings. The second-order valence-corrected chi connectivity index (χ2v) is 11.2. The molecular weight excluding hydrogens is 476 g/mol. The van der Waals surface area contributed by atoms with Crippen molar-refractivity contribution in [1.82, 2.24) is 4.90 Å². The van der Waals surface area contributed by atoms with Crippen LogP contribution in [0.4, 0.5) is 5.69 Å². The molecule has 2 aliphatic rings. The van der Waals surface area contributed by atoms with Gasteiger partial charge in [-0.25, -0.2) is 5.06 Å². The third kappa shape index (κ3) is 4.31. The zero-order valence-electron chi connectivity index (χ0n) is 21.3. The maximum atomic E-state index is 14.1. The molecule has 0 N–H and O–H groups in total. The lowest BCUT2D eigenvalue weighted by atomic mass is 9.74. The average Bonchev–Trinajstić information content (AvgIpc) is 3.58. The van der Waals surface area contributed by atoms with Gasteiger partial charge in [-0.1, -0.05) is 84.4 Å². The number of thiophene rings is 1. The second kappa shape index (κ2) is 9.90. The van der Waals surface area contributed by atoms with E-state index in [1.54, 1.807) is 11.3 Å². The monoisotopic (exact) mass is 508 g/mol. The highest BCUT2D eigenvalue weighted by Gasteiger charge is 2.62. The lowest BCUT2D eigenvalue weighted by Gasteiger charge is -2.43. The van der Waals surface area contributed by atoms with Crippen LogP contribution in [0.15, 0.2) is 102 Å². The maximum absolute atomic E-state index is 14.1. The Hall–Kier alpha value is -3.25. The maximum Gasteiger partial charge on any atom is 0.176 e. The van der Waals surface area contributed by atoms with E-state index in [1.807, 2.05) is 29.3 Å². The van der Waals surface area contributed by atoms with Crippen molar-refractivity contribution in [2.75, 3.05) is 18.2 Å². The van der Waals surface area contributed by atoms with Crippen LogP contribution in [0, 0.1) is 6.92 Å². The third-order valence-electron chi connectivity index (χ3n) is 7.98. The van der Waals surface area contributed by atoms with E-state index < -0.39 is 5.60 Å². The smallest absolute Gasteiger partial charge is 0.176 e. The number of hydroxylamine groups is 1. The summed E-state index contributed by atoms with van der Waals surface area (Å²) in [4.78, 5) is 24.7. The number of piperidine rings is 1. The number of nitrogens with zero attached hydrogens (tertiary/aromatic N) is 2. The molecule has 2 aliphatic heterocycles. The summed E-state index contributed by atoms with van der Waals surface area (Å²) in [5.74, 6) is 0.0617. The van der Waals surface area contributed by atoms with Gasteiger partial charge in [0.1, 0.15) is 0 Å². The predicted molar refractivity (Wildman–Crippen MR) is 150 cm³/mol. The van der Waals surface area contributed by atoms with Crippen LogP contribution in [0.2, 0.25) is 0 Å². The highest BCUT2D eigenvalue weighted by atomic mass is 32.1. The number of anilines is 1. The normalized spacial score (nSPS) is 25.0. The first kappa shape index (κ1) is 24.1. The van der Waals surface area contributed by atoms with Crippen LogP contribution >= 0.6 is 11.3 Å². The summed E-state index contributed by atoms with van der Waals surface area (Å²) < 4.78 is 0. The number of rotatable bonds is 5. The average molecular weight is 509 g/mol. The van der Waals surface area contributed by atoms with Crippen molar-refractivity contribution >= 4 is 22.8 Å². The second-order valence-electron chi connectivity index (χ2n) is 10.2. The van der Waals surface area contributed by atoms with Crippen LogP contribution in [0.3, 0.4) is 0 Å². The molecule has 37 heavy (non-hydrogen) atoms. The number of carbonyl (C=O) groups excluding carboxylic acids is 1. The van der Waals surface area contributed by atoms with Gasteiger partial charge in [0.2, 0.25) is 0 Å². The van der Waals surface area contributed by atoms with Gasteiger partial charge in [0.15, 0.2) is 11.4 Å². The van der Waals surface area contributed by atoms with E-state index in [4.69, 9.17) is 4.84 Å². The summed E-state index contributed by atoms with van der Waals surface area (Å²) in [6.07, 6.45) is 0.475. The van der Waals surface area contributed by atoms with Crippen molar-refractivity contribution in [2.24, 2.45) is 0 Å². The molecule has 1 aromatic heterocycles. The van der Waals surface area contributed by atoms with Crippen LogP contribution in [-0.4, -0.2) is 29.4 Å². The SMILES string of the molecule is Cc1ccc([C@H]2[C@@H](c3cccs3)[C@@]3(CN([C@H](C)c4ccccc4)CCC3=O)ON2c2ccccc2)cc1. The van der Waals surface area contributed by atoms with E-state index in [-0.39, 0.29) is 23.8 Å². The molecule has 5 heteroatoms. The first-order chi connectivity index (χ1) is 18.1. The predicted octanol–water partition coefficient (Wildman–Crippen LogP) is 7.11. The topological polar surface area (TPSA) is 32.8 Å². The Labute approximate surface area is 223 Å². The van der Waals surface area contributed by atoms with Gasteiger partial charge >= 0.3 is 0 Å². The number of aryl methyl sites for hydroxylation is 1. The van der Waals surface area contributed by atoms with E-state index in [0.29, 0.717) is 13.0 Å². The molecule has 188 valence electrons. The molecule has 4 nitrogen and oxygen atoms in total. The number of ketones is 1. The fraction of sp³-hybridized carbons (Fsp3) is 0.281. The van der Waals surface area contributed by atoms with Crippen molar-refractivity contribution < 1.29 is 9.63 Å². The fourth-order valence-corrected chi connectivity index (χ4v) is 6.90. The summed E-state index contributed by atoms with van der Waals surface area (Å²) in [6, 6.07) is 33.8. The van der Waals surface area contributed by atoms with Crippen molar-refractivity contribution in [3.05, 3.63) is 124 Å². The molecule has 0 amide bonds. The lowest BCUT2D eigenvalue weighted by Crippen LogP contribution is -2.57. The van der Waals surface area contributed by atoms with Crippen LogP contribution in [0.1, 0.15) is 52.9 Å². The van der Waals surface area contributed by atoms with E-state index in [0.717, 1.165) is 17.8 Å². The molecule has 2 fully saturated rings. The number of likely N-dealkylation sites (tertiary alicyclic amines) is 1. The third-order valence-corrected chi connectivity index (χ3v) is 8.93. The molecule has 3 heterocycles. The summed E-state index contributed by atoms with van der Waals surface area (Å²) in [5.41, 5.74) is 3.62. The van der Waals surface area contributed by atoms with Gasteiger partial charge in [0.05, 0.1) is 17.6 Å². The Morgan fingerprint density at radius 1 is 0.919 bits per heavy atom. The Kier molecular flexibility index (Phi) is 6.45. The minimum absolute atomic E-state index is 0.127. The van der Waals surface area contributed by atoms with Gasteiger partial charge in [-0.05, 0) is 48.6 Å². The fourth-order valence-electron chi connectivity index (χ4n) is 5.96. The van der Waals surface area contributed by atoms with Crippen LogP contribution < -0.4 is 5.06 Å². The van der Waals surface area contributed by atoms with Gasteiger partial charge in [0.25, 0.3) is 0 Å². The van der Waals surface area contributed by atoms with Crippen LogP contribution in [0.25, 0.3) is 0 Å². The molecule has 0 radical (unpaired) electrons. The van der Waals surface area contributed by atoms with Crippen LogP contribution in [-0.2, 0) is 9.63 Å². The Bertz CT molecular complexity index is 1340.